The average Bonchev–Trinajstić information content (AvgIpc) is 2.01. The van der Waals surface area contributed by atoms with E-state index < -0.39 is 12.9 Å². The van der Waals surface area contributed by atoms with Gasteiger partial charge in [0.15, 0.2) is 0 Å². The van der Waals surface area contributed by atoms with Gasteiger partial charge in [-0.2, -0.15) is 5.26 Å². The molecule has 0 aromatic heterocycles. The first-order valence-corrected chi connectivity index (χ1v) is 5.71. The molecule has 0 bridgehead atoms. The van der Waals surface area contributed by atoms with E-state index in [1.54, 1.807) is 13.8 Å². The van der Waals surface area contributed by atoms with E-state index in [1.165, 1.54) is 6.07 Å². The maximum atomic E-state index is 10.9. The first kappa shape index (κ1) is 13.6. The molecule has 0 spiro atoms. The summed E-state index contributed by atoms with van der Waals surface area (Å²) >= 11 is 0. The quantitative estimate of drug-likeness (QED) is 0.570. The highest BCUT2D eigenvalue weighted by molar-refractivity contribution is 7.53. The molecular weight excluding hydrogens is 207 g/mol. The number of ether oxygens (including phenoxy) is 1. The Balaban J connectivity index is 4.31. The SMILES string of the molecule is CC(C)OCCC(N)(C#N)P(=O)(O)O. The molecule has 4 N–H and O–H groups in total. The summed E-state index contributed by atoms with van der Waals surface area (Å²) in [7, 11) is -4.61. The van der Waals surface area contributed by atoms with Crippen LogP contribution in [0.5, 0.6) is 0 Å². The van der Waals surface area contributed by atoms with Gasteiger partial charge in [-0.05, 0) is 13.8 Å². The third kappa shape index (κ3) is 3.74. The molecule has 0 aliphatic carbocycles. The van der Waals surface area contributed by atoms with Gasteiger partial charge in [0.2, 0.25) is 5.28 Å². The predicted octanol–water partition coefficient (Wildman–Crippen LogP) is 0.158. The van der Waals surface area contributed by atoms with E-state index >= 15 is 0 Å². The van der Waals surface area contributed by atoms with Crippen LogP contribution in [0.3, 0.4) is 0 Å². The number of nitrogens with two attached hydrogens (primary N) is 1. The first-order chi connectivity index (χ1) is 6.23. The van der Waals surface area contributed by atoms with Crippen molar-refractivity contribution in [2.75, 3.05) is 6.61 Å². The average molecular weight is 222 g/mol. The zero-order chi connectivity index (χ0) is 11.4. The number of nitrogens with zero attached hydrogens (tertiary/aromatic N) is 1. The number of hydrogen-bond donors (Lipinski definition) is 3. The maximum absolute atomic E-state index is 10.9. The minimum atomic E-state index is -4.61. The molecule has 0 fully saturated rings. The van der Waals surface area contributed by atoms with Gasteiger partial charge in [0, 0.05) is 6.42 Å². The Morgan fingerprint density at radius 1 is 1.64 bits per heavy atom. The van der Waals surface area contributed by atoms with E-state index in [-0.39, 0.29) is 19.1 Å². The van der Waals surface area contributed by atoms with Crippen LogP contribution in [0.1, 0.15) is 20.3 Å². The molecule has 0 saturated carbocycles. The van der Waals surface area contributed by atoms with Gasteiger partial charge in [-0.1, -0.05) is 0 Å². The van der Waals surface area contributed by atoms with Gasteiger partial charge in [-0.15, -0.1) is 0 Å². The van der Waals surface area contributed by atoms with Crippen molar-refractivity contribution in [1.82, 2.24) is 0 Å². The van der Waals surface area contributed by atoms with Crippen LogP contribution in [0, 0.1) is 11.3 Å². The first-order valence-electron chi connectivity index (χ1n) is 4.10. The van der Waals surface area contributed by atoms with Gasteiger partial charge in [0.1, 0.15) is 0 Å². The van der Waals surface area contributed by atoms with Crippen LogP contribution in [0.15, 0.2) is 0 Å². The van der Waals surface area contributed by atoms with Crippen LogP contribution in [-0.4, -0.2) is 27.8 Å². The maximum Gasteiger partial charge on any atom is 0.359 e. The zero-order valence-electron chi connectivity index (χ0n) is 8.17. The summed E-state index contributed by atoms with van der Waals surface area (Å²) in [6, 6.07) is 1.43. The van der Waals surface area contributed by atoms with Crippen LogP contribution < -0.4 is 5.73 Å². The highest BCUT2D eigenvalue weighted by Crippen LogP contribution is 2.48. The number of hydrogen-bond acceptors (Lipinski definition) is 4. The summed E-state index contributed by atoms with van der Waals surface area (Å²) in [5.41, 5.74) is 5.26. The fourth-order valence-electron chi connectivity index (χ4n) is 0.717. The molecule has 0 amide bonds. The molecule has 0 heterocycles. The van der Waals surface area contributed by atoms with Crippen molar-refractivity contribution in [3.8, 4) is 6.07 Å². The summed E-state index contributed by atoms with van der Waals surface area (Å²) in [5.74, 6) is 0. The molecule has 0 aromatic rings. The van der Waals surface area contributed by atoms with Gasteiger partial charge in [0.25, 0.3) is 0 Å². The Kier molecular flexibility index (Phi) is 4.72. The molecule has 6 nitrogen and oxygen atoms in total. The summed E-state index contributed by atoms with van der Waals surface area (Å²) in [5, 5.41) is 6.43. The Bertz CT molecular complexity index is 269. The minimum Gasteiger partial charge on any atom is -0.379 e. The zero-order valence-corrected chi connectivity index (χ0v) is 9.07. The van der Waals surface area contributed by atoms with Gasteiger partial charge in [-0.3, -0.25) is 4.57 Å². The van der Waals surface area contributed by atoms with Gasteiger partial charge in [-0.25, -0.2) is 0 Å². The lowest BCUT2D eigenvalue weighted by Crippen LogP contribution is -2.39. The Morgan fingerprint density at radius 3 is 2.43 bits per heavy atom. The van der Waals surface area contributed by atoms with Crippen LogP contribution >= 0.6 is 7.60 Å². The molecule has 0 rings (SSSR count). The van der Waals surface area contributed by atoms with Crippen molar-refractivity contribution in [3.05, 3.63) is 0 Å². The van der Waals surface area contributed by atoms with E-state index in [1.807, 2.05) is 0 Å². The summed E-state index contributed by atoms with van der Waals surface area (Å²) < 4.78 is 15.9. The van der Waals surface area contributed by atoms with Crippen molar-refractivity contribution in [1.29, 1.82) is 5.26 Å². The van der Waals surface area contributed by atoms with Gasteiger partial charge < -0.3 is 20.3 Å². The Labute approximate surface area is 82.8 Å². The van der Waals surface area contributed by atoms with E-state index in [0.717, 1.165) is 0 Å². The van der Waals surface area contributed by atoms with Gasteiger partial charge >= 0.3 is 7.60 Å². The summed E-state index contributed by atoms with van der Waals surface area (Å²) in [4.78, 5) is 17.6. The molecule has 0 aromatic carbocycles. The molecule has 1 atom stereocenters. The number of nitriles is 1. The smallest absolute Gasteiger partial charge is 0.359 e. The van der Waals surface area contributed by atoms with Crippen molar-refractivity contribution in [2.45, 2.75) is 31.7 Å². The Hall–Kier alpha value is -0.440. The topological polar surface area (TPSA) is 117 Å². The van der Waals surface area contributed by atoms with E-state index in [0.29, 0.717) is 0 Å². The van der Waals surface area contributed by atoms with Crippen molar-refractivity contribution in [3.63, 3.8) is 0 Å². The van der Waals surface area contributed by atoms with Gasteiger partial charge in [0.05, 0.1) is 18.8 Å². The molecule has 0 saturated heterocycles. The molecule has 0 aliphatic heterocycles. The fraction of sp³-hybridized carbons (Fsp3) is 0.857. The lowest BCUT2D eigenvalue weighted by molar-refractivity contribution is 0.0723. The largest absolute Gasteiger partial charge is 0.379 e. The van der Waals surface area contributed by atoms with E-state index in [9.17, 15) is 4.57 Å². The second-order valence-electron chi connectivity index (χ2n) is 3.25. The van der Waals surface area contributed by atoms with Crippen molar-refractivity contribution in [2.24, 2.45) is 5.73 Å². The van der Waals surface area contributed by atoms with E-state index in [2.05, 4.69) is 0 Å². The van der Waals surface area contributed by atoms with Crippen LogP contribution in [-0.2, 0) is 9.30 Å². The molecule has 0 aliphatic rings. The summed E-state index contributed by atoms with van der Waals surface area (Å²) in [6.07, 6.45) is -0.249. The van der Waals surface area contributed by atoms with Crippen LogP contribution in [0.2, 0.25) is 0 Å². The molecule has 0 radical (unpaired) electrons. The molecular formula is C7H15N2O4P. The van der Waals surface area contributed by atoms with Crippen molar-refractivity contribution < 1.29 is 19.1 Å². The van der Waals surface area contributed by atoms with Crippen molar-refractivity contribution >= 4 is 7.60 Å². The molecule has 82 valence electrons. The lowest BCUT2D eigenvalue weighted by Gasteiger charge is -2.22. The Morgan fingerprint density at radius 2 is 2.14 bits per heavy atom. The summed E-state index contributed by atoms with van der Waals surface area (Å²) in [6.45, 7) is 3.61. The minimum absolute atomic E-state index is 0.0484. The van der Waals surface area contributed by atoms with Crippen LogP contribution in [0.4, 0.5) is 0 Å². The molecule has 14 heavy (non-hydrogen) atoms. The van der Waals surface area contributed by atoms with E-state index in [4.69, 9.17) is 25.5 Å². The number of rotatable bonds is 5. The lowest BCUT2D eigenvalue weighted by atomic mass is 10.2. The fourth-order valence-corrected chi connectivity index (χ4v) is 1.23. The normalized spacial score (nSPS) is 16.4. The third-order valence-electron chi connectivity index (χ3n) is 1.65. The highest BCUT2D eigenvalue weighted by atomic mass is 31.2. The van der Waals surface area contributed by atoms with Crippen LogP contribution in [0.25, 0.3) is 0 Å². The second-order valence-corrected chi connectivity index (χ2v) is 5.14. The second kappa shape index (κ2) is 4.87. The predicted molar refractivity (Wildman–Crippen MR) is 50.3 cm³/mol. The standard InChI is InChI=1S/C7H15N2O4P/c1-6(2)13-4-3-7(9,5-8)14(10,11)12/h6H,3-4,9H2,1-2H3,(H2,10,11,12). The third-order valence-corrected chi connectivity index (χ3v) is 3.01. The molecule has 7 heteroatoms. The highest BCUT2D eigenvalue weighted by Gasteiger charge is 2.43. The monoisotopic (exact) mass is 222 g/mol. The molecule has 1 unspecified atom stereocenters.